The van der Waals surface area contributed by atoms with Gasteiger partial charge in [-0.1, -0.05) is 27.2 Å². The maximum absolute atomic E-state index is 11.1. The third-order valence-electron chi connectivity index (χ3n) is 5.97. The largest absolute Gasteiger partial charge is 0.495 e. The van der Waals surface area contributed by atoms with Crippen LogP contribution in [0.15, 0.2) is 37.6 Å². The molecule has 2 bridgehead atoms. The lowest BCUT2D eigenvalue weighted by Crippen LogP contribution is -2.31. The molecule has 0 heterocycles. The van der Waals surface area contributed by atoms with E-state index in [-0.39, 0.29) is 13.4 Å². The molecule has 0 aromatic rings. The van der Waals surface area contributed by atoms with E-state index >= 15 is 0 Å². The maximum Gasteiger partial charge on any atom is 0.330 e. The van der Waals surface area contributed by atoms with Crippen molar-refractivity contribution in [2.75, 3.05) is 13.2 Å². The van der Waals surface area contributed by atoms with Gasteiger partial charge in [-0.15, -0.1) is 0 Å². The lowest BCUT2D eigenvalue weighted by atomic mass is 9.68. The van der Waals surface area contributed by atoms with E-state index in [2.05, 4.69) is 19.7 Å². The van der Waals surface area contributed by atoms with E-state index < -0.39 is 0 Å². The monoisotopic (exact) mass is 348 g/mol. The molecule has 5 unspecified atom stereocenters. The van der Waals surface area contributed by atoms with Gasteiger partial charge in [-0.3, -0.25) is 0 Å². The Hall–Kier alpha value is -1.51. The number of esters is 1. The molecule has 25 heavy (non-hydrogen) atoms. The molecule has 0 radical (unpaired) electrons. The second-order valence-corrected chi connectivity index (χ2v) is 7.28. The Bertz CT molecular complexity index is 468. The highest BCUT2D eigenvalue weighted by Crippen LogP contribution is 2.58. The van der Waals surface area contributed by atoms with Crippen LogP contribution in [0.5, 0.6) is 0 Å². The molecule has 142 valence electrons. The van der Waals surface area contributed by atoms with Crippen molar-refractivity contribution in [1.82, 2.24) is 0 Å². The number of rotatable bonds is 6. The van der Waals surface area contributed by atoms with Gasteiger partial charge in [0, 0.05) is 6.08 Å². The second-order valence-electron chi connectivity index (χ2n) is 7.28. The molecule has 0 aliphatic heterocycles. The van der Waals surface area contributed by atoms with E-state index in [4.69, 9.17) is 9.47 Å². The minimum absolute atomic E-state index is 0. The Labute approximate surface area is 154 Å². The van der Waals surface area contributed by atoms with Gasteiger partial charge < -0.3 is 9.47 Å². The van der Waals surface area contributed by atoms with Crippen LogP contribution < -0.4 is 0 Å². The fraction of sp³-hybridized carbons (Fsp3) is 0.682. The smallest absolute Gasteiger partial charge is 0.330 e. The van der Waals surface area contributed by atoms with Crippen LogP contribution >= 0.6 is 0 Å². The zero-order valence-electron chi connectivity index (χ0n) is 15.0. The molecule has 3 aliphatic carbocycles. The van der Waals surface area contributed by atoms with Crippen LogP contribution in [0.25, 0.3) is 0 Å². The van der Waals surface area contributed by atoms with E-state index in [1.807, 2.05) is 6.92 Å². The summed E-state index contributed by atoms with van der Waals surface area (Å²) in [5, 5.41) is 0. The minimum Gasteiger partial charge on any atom is -0.495 e. The summed E-state index contributed by atoms with van der Waals surface area (Å²) < 4.78 is 10.1. The molecule has 0 aromatic heterocycles. The maximum atomic E-state index is 11.1. The standard InChI is InChI=1S/C15H22O2.C6H10O.CH4/c1-2-15(16)17-9-10-3-6-13-11-4-5-12(8-11)14(13)7-10;1-4-6(3)7-5-2;/h2,10-14H,1,3-9H2;4H,1,3,5H2,2H3;1H4. The average molecular weight is 349 g/mol. The van der Waals surface area contributed by atoms with Gasteiger partial charge in [-0.2, -0.15) is 0 Å². The second kappa shape index (κ2) is 10.5. The SMILES string of the molecule is C.C=CC(=C)OCC.C=CC(=O)OCC1CCC2C3CCC(C3)C2C1. The quantitative estimate of drug-likeness (QED) is 0.274. The van der Waals surface area contributed by atoms with Gasteiger partial charge in [-0.05, 0) is 81.1 Å². The van der Waals surface area contributed by atoms with Crippen LogP contribution in [0, 0.1) is 29.6 Å². The number of fused-ring (bicyclic) bond motifs is 5. The summed E-state index contributed by atoms with van der Waals surface area (Å²) in [4.78, 5) is 11.1. The summed E-state index contributed by atoms with van der Waals surface area (Å²) in [6, 6.07) is 0. The molecule has 0 saturated heterocycles. The minimum atomic E-state index is -0.264. The summed E-state index contributed by atoms with van der Waals surface area (Å²) in [7, 11) is 0. The van der Waals surface area contributed by atoms with Gasteiger partial charge in [-0.25, -0.2) is 4.79 Å². The van der Waals surface area contributed by atoms with E-state index in [9.17, 15) is 4.79 Å². The normalized spacial score (nSPS) is 31.5. The molecule has 3 fully saturated rings. The zero-order valence-corrected chi connectivity index (χ0v) is 15.0. The highest BCUT2D eigenvalue weighted by atomic mass is 16.5. The highest BCUT2D eigenvalue weighted by molar-refractivity contribution is 5.81. The zero-order chi connectivity index (χ0) is 17.5. The third kappa shape index (κ3) is 5.76. The number of hydrogen-bond donors (Lipinski definition) is 0. The number of carbonyl (C=O) groups excluding carboxylic acids is 1. The predicted octanol–water partition coefficient (Wildman–Crippen LogP) is 5.54. The van der Waals surface area contributed by atoms with Crippen molar-refractivity contribution < 1.29 is 14.3 Å². The molecule has 0 amide bonds. The van der Waals surface area contributed by atoms with Crippen LogP contribution in [0.2, 0.25) is 0 Å². The number of allylic oxidation sites excluding steroid dienone is 1. The Morgan fingerprint density at radius 2 is 1.68 bits per heavy atom. The number of carbonyl (C=O) groups is 1. The lowest BCUT2D eigenvalue weighted by molar-refractivity contribution is -0.139. The molecular weight excluding hydrogens is 312 g/mol. The molecule has 5 atom stereocenters. The van der Waals surface area contributed by atoms with Gasteiger partial charge in [0.25, 0.3) is 0 Å². The summed E-state index contributed by atoms with van der Waals surface area (Å²) in [6.07, 6.45) is 11.2. The van der Waals surface area contributed by atoms with Crippen LogP contribution in [0.3, 0.4) is 0 Å². The van der Waals surface area contributed by atoms with Crippen molar-refractivity contribution in [3.63, 3.8) is 0 Å². The molecule has 0 N–H and O–H groups in total. The third-order valence-corrected chi connectivity index (χ3v) is 5.97. The van der Waals surface area contributed by atoms with E-state index in [0.29, 0.717) is 24.9 Å². The van der Waals surface area contributed by atoms with Crippen molar-refractivity contribution in [2.45, 2.75) is 52.9 Å². The van der Waals surface area contributed by atoms with Crippen molar-refractivity contribution in [3.8, 4) is 0 Å². The van der Waals surface area contributed by atoms with Crippen molar-refractivity contribution >= 4 is 5.97 Å². The first kappa shape index (κ1) is 21.5. The molecule has 3 rings (SSSR count). The van der Waals surface area contributed by atoms with Crippen LogP contribution in [-0.4, -0.2) is 19.2 Å². The Balaban J connectivity index is 0.000000339. The number of hydrogen-bond acceptors (Lipinski definition) is 3. The molecule has 3 aliphatic rings. The van der Waals surface area contributed by atoms with Gasteiger partial charge >= 0.3 is 5.97 Å². The highest BCUT2D eigenvalue weighted by Gasteiger charge is 2.49. The fourth-order valence-corrected chi connectivity index (χ4v) is 4.93. The summed E-state index contributed by atoms with van der Waals surface area (Å²) >= 11 is 0. The van der Waals surface area contributed by atoms with Crippen LogP contribution in [0.4, 0.5) is 0 Å². The molecular formula is C22H36O3. The molecule has 0 aromatic carbocycles. The summed E-state index contributed by atoms with van der Waals surface area (Å²) in [5.41, 5.74) is 0. The first-order valence-corrected chi connectivity index (χ1v) is 9.32. The van der Waals surface area contributed by atoms with Gasteiger partial charge in [0.15, 0.2) is 0 Å². The fourth-order valence-electron chi connectivity index (χ4n) is 4.93. The van der Waals surface area contributed by atoms with E-state index in [1.54, 1.807) is 6.08 Å². The van der Waals surface area contributed by atoms with Crippen molar-refractivity contribution in [1.29, 1.82) is 0 Å². The first-order chi connectivity index (χ1) is 11.6. The molecule has 3 heteroatoms. The average Bonchev–Trinajstić information content (AvgIpc) is 3.22. The van der Waals surface area contributed by atoms with E-state index in [1.165, 1.54) is 44.6 Å². The van der Waals surface area contributed by atoms with E-state index in [0.717, 1.165) is 23.7 Å². The first-order valence-electron chi connectivity index (χ1n) is 9.32. The lowest BCUT2D eigenvalue weighted by Gasteiger charge is -2.38. The van der Waals surface area contributed by atoms with Gasteiger partial charge in [0.05, 0.1) is 13.2 Å². The summed E-state index contributed by atoms with van der Waals surface area (Å²) in [6.45, 7) is 13.6. The van der Waals surface area contributed by atoms with Crippen LogP contribution in [-0.2, 0) is 14.3 Å². The van der Waals surface area contributed by atoms with Crippen molar-refractivity contribution in [3.05, 3.63) is 37.6 Å². The topological polar surface area (TPSA) is 35.5 Å². The Morgan fingerprint density at radius 3 is 2.24 bits per heavy atom. The Morgan fingerprint density at radius 1 is 1.00 bits per heavy atom. The molecule has 3 nitrogen and oxygen atoms in total. The number of ether oxygens (including phenoxy) is 2. The molecule has 3 saturated carbocycles. The summed E-state index contributed by atoms with van der Waals surface area (Å²) in [5.74, 6) is 5.00. The van der Waals surface area contributed by atoms with Crippen molar-refractivity contribution in [2.24, 2.45) is 29.6 Å². The van der Waals surface area contributed by atoms with Gasteiger partial charge in [0.2, 0.25) is 0 Å². The van der Waals surface area contributed by atoms with Crippen LogP contribution in [0.1, 0.15) is 52.9 Å². The Kier molecular flexibility index (Phi) is 9.02. The predicted molar refractivity (Wildman–Crippen MR) is 104 cm³/mol. The van der Waals surface area contributed by atoms with Gasteiger partial charge in [0.1, 0.15) is 5.76 Å². The molecule has 0 spiro atoms.